The second-order valence-electron chi connectivity index (χ2n) is 3.97. The molecule has 0 atom stereocenters. The Hall–Kier alpha value is -2.03. The summed E-state index contributed by atoms with van der Waals surface area (Å²) < 4.78 is 13.8. The van der Waals surface area contributed by atoms with Gasteiger partial charge in [0.25, 0.3) is 0 Å². The van der Waals surface area contributed by atoms with E-state index in [-0.39, 0.29) is 11.6 Å². The molecule has 0 bridgehead atoms. The minimum absolute atomic E-state index is 0.0757. The van der Waals surface area contributed by atoms with Crippen molar-refractivity contribution < 1.29 is 9.50 Å². The lowest BCUT2D eigenvalue weighted by Gasteiger charge is -2.09. The lowest BCUT2D eigenvalue weighted by Crippen LogP contribution is -1.91. The molecule has 0 aliphatic heterocycles. The summed E-state index contributed by atoms with van der Waals surface area (Å²) in [5.74, 6) is -0.250. The number of phenolic OH excluding ortho intramolecular Hbond substituents is 1. The van der Waals surface area contributed by atoms with Gasteiger partial charge in [0.05, 0.1) is 0 Å². The van der Waals surface area contributed by atoms with Gasteiger partial charge >= 0.3 is 0 Å². The molecule has 2 nitrogen and oxygen atoms in total. The average molecular weight is 231 g/mol. The van der Waals surface area contributed by atoms with Crippen molar-refractivity contribution in [1.82, 2.24) is 0 Å². The van der Waals surface area contributed by atoms with Gasteiger partial charge in [-0.2, -0.15) is 0 Å². The Labute approximate surface area is 99.7 Å². The van der Waals surface area contributed by atoms with Crippen LogP contribution < -0.4 is 5.32 Å². The molecule has 0 spiro atoms. The van der Waals surface area contributed by atoms with Crippen molar-refractivity contribution in [3.63, 3.8) is 0 Å². The Bertz CT molecular complexity index is 552. The van der Waals surface area contributed by atoms with Crippen molar-refractivity contribution in [2.75, 3.05) is 12.4 Å². The molecule has 0 radical (unpaired) electrons. The summed E-state index contributed by atoms with van der Waals surface area (Å²) in [4.78, 5) is 0. The molecule has 17 heavy (non-hydrogen) atoms. The van der Waals surface area contributed by atoms with Crippen LogP contribution in [0.25, 0.3) is 11.1 Å². The van der Waals surface area contributed by atoms with Gasteiger partial charge in [-0.15, -0.1) is 0 Å². The first-order valence-electron chi connectivity index (χ1n) is 5.39. The highest BCUT2D eigenvalue weighted by Crippen LogP contribution is 2.33. The summed E-state index contributed by atoms with van der Waals surface area (Å²) in [5, 5.41) is 12.7. The summed E-state index contributed by atoms with van der Waals surface area (Å²) >= 11 is 0. The first-order chi connectivity index (χ1) is 8.11. The van der Waals surface area contributed by atoms with Gasteiger partial charge in [0.15, 0.2) is 0 Å². The van der Waals surface area contributed by atoms with Gasteiger partial charge in [0.2, 0.25) is 0 Å². The molecule has 0 heterocycles. The van der Waals surface area contributed by atoms with E-state index in [1.54, 1.807) is 31.3 Å². The molecule has 0 saturated heterocycles. The van der Waals surface area contributed by atoms with E-state index < -0.39 is 0 Å². The molecule has 0 amide bonds. The van der Waals surface area contributed by atoms with Crippen LogP contribution >= 0.6 is 0 Å². The molecule has 3 heteroatoms. The van der Waals surface area contributed by atoms with Gasteiger partial charge in [0.1, 0.15) is 11.6 Å². The topological polar surface area (TPSA) is 32.3 Å². The van der Waals surface area contributed by atoms with E-state index in [1.165, 1.54) is 6.07 Å². The Morgan fingerprint density at radius 3 is 2.47 bits per heavy atom. The monoisotopic (exact) mass is 231 g/mol. The standard InChI is InChI=1S/C14H14FNO/c1-9-3-5-11(13(15)7-9)12-8-10(16-2)4-6-14(12)17/h3-8,16-17H,1-2H3. The molecular formula is C14H14FNO. The maximum absolute atomic E-state index is 13.8. The van der Waals surface area contributed by atoms with Crippen LogP contribution in [0.4, 0.5) is 10.1 Å². The molecule has 2 aromatic rings. The Balaban J connectivity index is 2.59. The van der Waals surface area contributed by atoms with Crippen molar-refractivity contribution >= 4 is 5.69 Å². The van der Waals surface area contributed by atoms with Gasteiger partial charge in [-0.05, 0) is 36.8 Å². The summed E-state index contributed by atoms with van der Waals surface area (Å²) in [6.45, 7) is 1.83. The van der Waals surface area contributed by atoms with Gasteiger partial charge in [0, 0.05) is 23.9 Å². The highest BCUT2D eigenvalue weighted by molar-refractivity contribution is 5.74. The highest BCUT2D eigenvalue weighted by atomic mass is 19.1. The predicted molar refractivity (Wildman–Crippen MR) is 67.8 cm³/mol. The summed E-state index contributed by atoms with van der Waals surface area (Å²) in [6.07, 6.45) is 0. The average Bonchev–Trinajstić information content (AvgIpc) is 2.30. The fourth-order valence-electron chi connectivity index (χ4n) is 1.75. The zero-order valence-electron chi connectivity index (χ0n) is 9.79. The van der Waals surface area contributed by atoms with Gasteiger partial charge in [-0.25, -0.2) is 4.39 Å². The Morgan fingerprint density at radius 1 is 1.06 bits per heavy atom. The first-order valence-corrected chi connectivity index (χ1v) is 5.39. The number of rotatable bonds is 2. The first kappa shape index (κ1) is 11.5. The third kappa shape index (κ3) is 2.23. The second-order valence-corrected chi connectivity index (χ2v) is 3.97. The molecule has 0 saturated carbocycles. The SMILES string of the molecule is CNc1ccc(O)c(-c2ccc(C)cc2F)c1. The second kappa shape index (κ2) is 4.45. The molecule has 2 aromatic carbocycles. The number of anilines is 1. The minimum atomic E-state index is -0.325. The number of aryl methyl sites for hydroxylation is 1. The molecule has 0 aliphatic rings. The van der Waals surface area contributed by atoms with Crippen molar-refractivity contribution in [1.29, 1.82) is 0 Å². The van der Waals surface area contributed by atoms with Crippen LogP contribution in [-0.4, -0.2) is 12.2 Å². The lowest BCUT2D eigenvalue weighted by molar-refractivity contribution is 0.477. The van der Waals surface area contributed by atoms with Crippen LogP contribution in [0.1, 0.15) is 5.56 Å². The molecule has 2 N–H and O–H groups in total. The van der Waals surface area contributed by atoms with E-state index >= 15 is 0 Å². The van der Waals surface area contributed by atoms with E-state index in [9.17, 15) is 9.50 Å². The van der Waals surface area contributed by atoms with Gasteiger partial charge < -0.3 is 10.4 Å². The van der Waals surface area contributed by atoms with Crippen molar-refractivity contribution in [2.45, 2.75) is 6.92 Å². The number of nitrogens with one attached hydrogen (secondary N) is 1. The number of hydrogen-bond donors (Lipinski definition) is 2. The van der Waals surface area contributed by atoms with E-state index in [1.807, 2.05) is 13.0 Å². The summed E-state index contributed by atoms with van der Waals surface area (Å²) in [7, 11) is 1.78. The smallest absolute Gasteiger partial charge is 0.131 e. The molecule has 0 fully saturated rings. The van der Waals surface area contributed by atoms with Crippen LogP contribution in [0.2, 0.25) is 0 Å². The van der Waals surface area contributed by atoms with Crippen LogP contribution in [0, 0.1) is 12.7 Å². The normalized spacial score (nSPS) is 10.3. The van der Waals surface area contributed by atoms with Crippen LogP contribution in [-0.2, 0) is 0 Å². The molecule has 88 valence electrons. The van der Waals surface area contributed by atoms with E-state index in [0.717, 1.165) is 11.3 Å². The zero-order chi connectivity index (χ0) is 12.4. The summed E-state index contributed by atoms with van der Waals surface area (Å²) in [6, 6.07) is 9.98. The maximum atomic E-state index is 13.8. The quantitative estimate of drug-likeness (QED) is 0.775. The third-order valence-electron chi connectivity index (χ3n) is 2.70. The number of hydrogen-bond acceptors (Lipinski definition) is 2. The summed E-state index contributed by atoms with van der Waals surface area (Å²) in [5.41, 5.74) is 2.59. The maximum Gasteiger partial charge on any atom is 0.131 e. The molecule has 2 rings (SSSR count). The molecule has 0 aromatic heterocycles. The fourth-order valence-corrected chi connectivity index (χ4v) is 1.75. The van der Waals surface area contributed by atoms with Gasteiger partial charge in [-0.3, -0.25) is 0 Å². The minimum Gasteiger partial charge on any atom is -0.507 e. The highest BCUT2D eigenvalue weighted by Gasteiger charge is 2.10. The Kier molecular flexibility index (Phi) is 3.00. The van der Waals surface area contributed by atoms with Crippen molar-refractivity contribution in [2.24, 2.45) is 0 Å². The number of benzene rings is 2. The van der Waals surface area contributed by atoms with Crippen molar-refractivity contribution in [3.8, 4) is 16.9 Å². The van der Waals surface area contributed by atoms with Crippen molar-refractivity contribution in [3.05, 3.63) is 47.8 Å². The molecule has 0 aliphatic carbocycles. The zero-order valence-corrected chi connectivity index (χ0v) is 9.79. The lowest BCUT2D eigenvalue weighted by atomic mass is 10.0. The fraction of sp³-hybridized carbons (Fsp3) is 0.143. The van der Waals surface area contributed by atoms with Gasteiger partial charge in [-0.1, -0.05) is 12.1 Å². The largest absolute Gasteiger partial charge is 0.507 e. The number of phenols is 1. The third-order valence-corrected chi connectivity index (χ3v) is 2.70. The number of halogens is 1. The van der Waals surface area contributed by atoms with Crippen LogP contribution in [0.15, 0.2) is 36.4 Å². The van der Waals surface area contributed by atoms with E-state index in [4.69, 9.17) is 0 Å². The molecular weight excluding hydrogens is 217 g/mol. The predicted octanol–water partition coefficient (Wildman–Crippen LogP) is 3.55. The Morgan fingerprint density at radius 2 is 1.82 bits per heavy atom. The number of aromatic hydroxyl groups is 1. The van der Waals surface area contributed by atoms with Crippen LogP contribution in [0.5, 0.6) is 5.75 Å². The van der Waals surface area contributed by atoms with E-state index in [0.29, 0.717) is 11.1 Å². The van der Waals surface area contributed by atoms with E-state index in [2.05, 4.69) is 5.32 Å². The van der Waals surface area contributed by atoms with Crippen LogP contribution in [0.3, 0.4) is 0 Å². The molecule has 0 unspecified atom stereocenters.